The highest BCUT2D eigenvalue weighted by Crippen LogP contribution is 2.64. The van der Waals surface area contributed by atoms with Crippen molar-refractivity contribution in [1.29, 1.82) is 0 Å². The maximum atomic E-state index is 3.47. The van der Waals surface area contributed by atoms with Crippen molar-refractivity contribution in [3.63, 3.8) is 0 Å². The van der Waals surface area contributed by atoms with Crippen molar-refractivity contribution in [1.82, 2.24) is 0 Å². The predicted molar refractivity (Wildman–Crippen MR) is 287 cm³/mol. The van der Waals surface area contributed by atoms with Gasteiger partial charge in [0.25, 0.3) is 0 Å². The van der Waals surface area contributed by atoms with Crippen LogP contribution in [0.1, 0.15) is 101 Å². The Morgan fingerprint density at radius 2 is 0.672 bits per heavy atom. The summed E-state index contributed by atoms with van der Waals surface area (Å²) in [6.07, 6.45) is 10.0. The van der Waals surface area contributed by atoms with E-state index in [2.05, 4.69) is 98.3 Å². The molecule has 6 rings (SSSR count). The van der Waals surface area contributed by atoms with E-state index < -0.39 is 0 Å². The Kier molecular flexibility index (Phi) is 21.5. The van der Waals surface area contributed by atoms with Gasteiger partial charge in [0.1, 0.15) is 0 Å². The molecule has 0 unspecified atom stereocenters. The van der Waals surface area contributed by atoms with Gasteiger partial charge < -0.3 is 0 Å². The van der Waals surface area contributed by atoms with Crippen LogP contribution in [0.2, 0.25) is 0 Å². The molecule has 0 saturated carbocycles. The van der Waals surface area contributed by atoms with E-state index in [-0.39, 0.29) is 0 Å². The molecule has 0 amide bonds. The smallest absolute Gasteiger partial charge is 0.0717 e. The first-order valence-electron chi connectivity index (χ1n) is 19.6. The number of thioether (sulfide) groups is 12. The highest BCUT2D eigenvalue weighted by atomic mass is 32.3. The Morgan fingerprint density at radius 1 is 0.379 bits per heavy atom. The molecule has 0 bridgehead atoms. The van der Waals surface area contributed by atoms with Gasteiger partial charge >= 0.3 is 0 Å². The monoisotopic (exact) mass is 982 g/mol. The highest BCUT2D eigenvalue weighted by molar-refractivity contribution is 8.43. The molecule has 0 fully saturated rings. The lowest BCUT2D eigenvalue weighted by Crippen LogP contribution is -1.85. The van der Waals surface area contributed by atoms with Gasteiger partial charge in [-0.15, -0.1) is 47.0 Å². The summed E-state index contributed by atoms with van der Waals surface area (Å²) in [7, 11) is 0. The number of rotatable bonds is 16. The third kappa shape index (κ3) is 14.7. The fourth-order valence-electron chi connectivity index (χ4n) is 4.90. The lowest BCUT2D eigenvalue weighted by molar-refractivity contribution is 0.897. The lowest BCUT2D eigenvalue weighted by atomic mass is 10.1. The highest BCUT2D eigenvalue weighted by Gasteiger charge is 2.28. The van der Waals surface area contributed by atoms with E-state index >= 15 is 0 Å². The number of hydrogen-bond donors (Lipinski definition) is 0. The van der Waals surface area contributed by atoms with Gasteiger partial charge in [0, 0.05) is 22.3 Å². The average Bonchev–Trinajstić information content (AvgIpc) is 4.07. The molecule has 0 aliphatic carbocycles. The van der Waals surface area contributed by atoms with Crippen LogP contribution in [-0.2, 0) is 0 Å². The van der Waals surface area contributed by atoms with Gasteiger partial charge in [0.2, 0.25) is 0 Å². The second-order valence-corrected chi connectivity index (χ2v) is 27.2. The first kappa shape index (κ1) is 47.2. The minimum atomic E-state index is 0.933. The summed E-state index contributed by atoms with van der Waals surface area (Å²) in [4.78, 5) is 2.19. The van der Waals surface area contributed by atoms with Crippen LogP contribution in [0.4, 0.5) is 0 Å². The first-order valence-corrected chi connectivity index (χ1v) is 30.2. The lowest BCUT2D eigenvalue weighted by Gasteiger charge is -2.03. The van der Waals surface area contributed by atoms with Gasteiger partial charge in [0.15, 0.2) is 0 Å². The molecule has 2 aromatic rings. The number of benzene rings is 2. The zero-order valence-corrected chi connectivity index (χ0v) is 43.0. The summed E-state index contributed by atoms with van der Waals surface area (Å²) >= 11 is 23.3. The second kappa shape index (κ2) is 26.4. The number of allylic oxidation sites excluding steroid dienone is 2. The van der Waals surface area contributed by atoms with E-state index in [0.29, 0.717) is 0 Å². The van der Waals surface area contributed by atoms with E-state index in [1.54, 1.807) is 0 Å². The molecule has 4 aliphatic rings. The van der Waals surface area contributed by atoms with Crippen LogP contribution < -0.4 is 0 Å². The molecular weight excluding hydrogens is 937 g/mol. The van der Waals surface area contributed by atoms with Crippen molar-refractivity contribution < 1.29 is 0 Å². The molecule has 2 aromatic carbocycles. The molecule has 12 heteroatoms. The molecule has 4 heterocycles. The van der Waals surface area contributed by atoms with E-state index in [9.17, 15) is 0 Å². The fourth-order valence-corrected chi connectivity index (χ4v) is 22.0. The largest absolute Gasteiger partial charge is 0.117 e. The van der Waals surface area contributed by atoms with Gasteiger partial charge in [0.05, 0.1) is 43.7 Å². The van der Waals surface area contributed by atoms with Crippen LogP contribution in [0.5, 0.6) is 0 Å². The van der Waals surface area contributed by atoms with Crippen molar-refractivity contribution in [3.05, 3.63) is 125 Å². The molecule has 0 aromatic heterocycles. The Morgan fingerprint density at radius 3 is 0.966 bits per heavy atom. The summed E-state index contributed by atoms with van der Waals surface area (Å²) < 4.78 is 11.5. The van der Waals surface area contributed by atoms with E-state index in [1.807, 2.05) is 165 Å². The molecule has 0 nitrogen and oxygen atoms in total. The second-order valence-electron chi connectivity index (χ2n) is 12.8. The summed E-state index contributed by atoms with van der Waals surface area (Å²) in [5.74, 6) is 25.5. The standard InChI is InChI=1S/C46H46S12/c1-5-9-27-47-39-40(48-28-10-6-2)56-45(55-39)43-51-31-37(53-43)25-23-35-19-15-13-17-33(35)21-22-34-18-14-16-20-36(34)24-26-38-32-52-44(54-38)46-57-41(49-29-11-7-3)42(58-46)50-30-12-8-4/h13-20,31-32H,5-12,27-30H2,1-4H3. The van der Waals surface area contributed by atoms with Crippen molar-refractivity contribution in [2.24, 2.45) is 0 Å². The molecule has 0 atom stereocenters. The van der Waals surface area contributed by atoms with Crippen LogP contribution in [-0.4, -0.2) is 23.0 Å². The van der Waals surface area contributed by atoms with Gasteiger partial charge in [-0.3, -0.25) is 0 Å². The normalized spacial score (nSPS) is 16.3. The van der Waals surface area contributed by atoms with Gasteiger partial charge in [-0.25, -0.2) is 0 Å². The predicted octanol–water partition coefficient (Wildman–Crippen LogP) is 18.0. The Labute approximate surface area is 399 Å². The molecule has 0 radical (unpaired) electrons. The number of hydrogen-bond acceptors (Lipinski definition) is 12. The quantitative estimate of drug-likeness (QED) is 0.116. The number of unbranched alkanes of at least 4 members (excludes halogenated alkanes) is 4. The Balaban J connectivity index is 1.09. The molecule has 302 valence electrons. The summed E-state index contributed by atoms with van der Waals surface area (Å²) in [6.45, 7) is 9.10. The minimum absolute atomic E-state index is 0.933. The zero-order chi connectivity index (χ0) is 40.4. The Bertz CT molecular complexity index is 1970. The van der Waals surface area contributed by atoms with Gasteiger partial charge in [-0.2, -0.15) is 0 Å². The van der Waals surface area contributed by atoms with Crippen LogP contribution in [0.15, 0.2) is 103 Å². The van der Waals surface area contributed by atoms with Crippen LogP contribution in [0.3, 0.4) is 0 Å². The van der Waals surface area contributed by atoms with Crippen molar-refractivity contribution in [2.75, 3.05) is 23.0 Å². The molecule has 58 heavy (non-hydrogen) atoms. The minimum Gasteiger partial charge on any atom is -0.117 e. The summed E-state index contributed by atoms with van der Waals surface area (Å²) in [6, 6.07) is 16.5. The molecule has 0 spiro atoms. The third-order valence-electron chi connectivity index (χ3n) is 8.11. The first-order chi connectivity index (χ1) is 28.6. The summed E-state index contributed by atoms with van der Waals surface area (Å²) in [5.41, 5.74) is 3.76. The van der Waals surface area contributed by atoms with Crippen LogP contribution in [0, 0.1) is 35.5 Å². The SMILES string of the molecule is CCCCSC1=C(SCCCC)SC(=C2SC=C(C#Cc3ccccc3C#Cc3ccccc3C#CC3=CSC(=C4SC(SCCCC)=C(SCCCC)S4)S3)S2)S1. The van der Waals surface area contributed by atoms with Crippen molar-refractivity contribution in [2.45, 2.75) is 79.1 Å². The molecule has 0 saturated heterocycles. The maximum absolute atomic E-state index is 3.47. The molecule has 4 aliphatic heterocycles. The van der Waals surface area contributed by atoms with Gasteiger partial charge in [-0.05, 0) is 83.8 Å². The van der Waals surface area contributed by atoms with Gasteiger partial charge in [-0.1, -0.05) is 207 Å². The summed E-state index contributed by atoms with van der Waals surface area (Å²) in [5, 5.41) is 4.43. The van der Waals surface area contributed by atoms with E-state index in [1.165, 1.54) is 108 Å². The molecule has 0 N–H and O–H groups in total. The van der Waals surface area contributed by atoms with Crippen LogP contribution in [0.25, 0.3) is 0 Å². The van der Waals surface area contributed by atoms with Crippen LogP contribution >= 0.6 is 141 Å². The van der Waals surface area contributed by atoms with E-state index in [0.717, 1.165) is 32.1 Å². The van der Waals surface area contributed by atoms with Crippen molar-refractivity contribution in [3.8, 4) is 35.5 Å². The third-order valence-corrected chi connectivity index (χ3v) is 25.1. The maximum Gasteiger partial charge on any atom is 0.0717 e. The topological polar surface area (TPSA) is 0 Å². The molecular formula is C46H46S12. The zero-order valence-electron chi connectivity index (χ0n) is 33.2. The average molecular weight is 984 g/mol. The Hall–Kier alpha value is -0.240. The fraction of sp³-hybridized carbons (Fsp3) is 0.348. The van der Waals surface area contributed by atoms with E-state index in [4.69, 9.17) is 0 Å². The van der Waals surface area contributed by atoms with Crippen molar-refractivity contribution >= 4 is 141 Å².